The molecule has 0 aromatic carbocycles. The van der Waals surface area contributed by atoms with Crippen LogP contribution in [0.4, 0.5) is 0 Å². The highest BCUT2D eigenvalue weighted by Crippen LogP contribution is 2.39. The lowest BCUT2D eigenvalue weighted by Crippen LogP contribution is -2.47. The normalized spacial score (nSPS) is 39.2. The number of likely N-dealkylation sites (tertiary alicyclic amines) is 1. The first-order chi connectivity index (χ1) is 9.41. The standard InChI is InChI=1S/C17H29NO2/c1-17(2,3)13-4-7-16(19)12(8-13)9-18-10-14-5-6-15(11-18)20-14/h12-15H,4-11H2,1-3H3. The van der Waals surface area contributed by atoms with Crippen molar-refractivity contribution in [1.82, 2.24) is 4.90 Å². The number of ether oxygens (including phenoxy) is 1. The fourth-order valence-corrected chi connectivity index (χ4v) is 4.24. The third kappa shape index (κ3) is 3.09. The van der Waals surface area contributed by atoms with Gasteiger partial charge in [-0.15, -0.1) is 0 Å². The zero-order valence-corrected chi connectivity index (χ0v) is 13.2. The summed E-state index contributed by atoms with van der Waals surface area (Å²) in [6.45, 7) is 10.0. The second-order valence-electron chi connectivity index (χ2n) is 8.18. The highest BCUT2D eigenvalue weighted by Gasteiger charge is 2.38. The highest BCUT2D eigenvalue weighted by molar-refractivity contribution is 5.82. The molecule has 3 nitrogen and oxygen atoms in total. The highest BCUT2D eigenvalue weighted by atomic mass is 16.5. The summed E-state index contributed by atoms with van der Waals surface area (Å²) in [6.07, 6.45) is 6.28. The molecule has 3 fully saturated rings. The van der Waals surface area contributed by atoms with Crippen LogP contribution in [0.25, 0.3) is 0 Å². The van der Waals surface area contributed by atoms with Crippen molar-refractivity contribution in [2.45, 2.75) is 65.1 Å². The van der Waals surface area contributed by atoms with Gasteiger partial charge < -0.3 is 4.74 Å². The number of hydrogen-bond acceptors (Lipinski definition) is 3. The van der Waals surface area contributed by atoms with Gasteiger partial charge in [0.05, 0.1) is 12.2 Å². The Hall–Kier alpha value is -0.410. The fraction of sp³-hybridized carbons (Fsp3) is 0.941. The van der Waals surface area contributed by atoms with Gasteiger partial charge in [-0.25, -0.2) is 0 Å². The van der Waals surface area contributed by atoms with E-state index < -0.39 is 0 Å². The molecule has 0 amide bonds. The van der Waals surface area contributed by atoms with Crippen molar-refractivity contribution < 1.29 is 9.53 Å². The van der Waals surface area contributed by atoms with Crippen molar-refractivity contribution in [3.63, 3.8) is 0 Å². The summed E-state index contributed by atoms with van der Waals surface area (Å²) in [5.41, 5.74) is 0.336. The third-order valence-electron chi connectivity index (χ3n) is 5.59. The minimum atomic E-state index is 0.269. The zero-order chi connectivity index (χ0) is 14.3. The first-order valence-corrected chi connectivity index (χ1v) is 8.32. The number of hydrogen-bond donors (Lipinski definition) is 0. The first kappa shape index (κ1) is 14.5. The summed E-state index contributed by atoms with van der Waals surface area (Å²) in [6, 6.07) is 0. The largest absolute Gasteiger partial charge is 0.372 e. The van der Waals surface area contributed by atoms with Gasteiger partial charge in [-0.1, -0.05) is 20.8 Å². The van der Waals surface area contributed by atoms with Gasteiger partial charge in [0.25, 0.3) is 0 Å². The summed E-state index contributed by atoms with van der Waals surface area (Å²) in [5, 5.41) is 0. The molecular weight excluding hydrogens is 250 g/mol. The molecule has 2 aliphatic heterocycles. The second-order valence-corrected chi connectivity index (χ2v) is 8.18. The number of carbonyl (C=O) groups is 1. The summed E-state index contributed by atoms with van der Waals surface area (Å²) >= 11 is 0. The van der Waals surface area contributed by atoms with Crippen LogP contribution in [0.1, 0.15) is 52.9 Å². The topological polar surface area (TPSA) is 29.5 Å². The van der Waals surface area contributed by atoms with Crippen LogP contribution in [-0.4, -0.2) is 42.5 Å². The molecule has 0 N–H and O–H groups in total. The van der Waals surface area contributed by atoms with Crippen LogP contribution in [0.15, 0.2) is 0 Å². The smallest absolute Gasteiger partial charge is 0.137 e. The maximum absolute atomic E-state index is 12.3. The third-order valence-corrected chi connectivity index (χ3v) is 5.59. The minimum Gasteiger partial charge on any atom is -0.372 e. The van der Waals surface area contributed by atoms with Crippen molar-refractivity contribution in [3.8, 4) is 0 Å². The summed E-state index contributed by atoms with van der Waals surface area (Å²) < 4.78 is 5.89. The van der Waals surface area contributed by atoms with E-state index in [1.807, 2.05) is 0 Å². The fourth-order valence-electron chi connectivity index (χ4n) is 4.24. The molecule has 0 aromatic heterocycles. The number of morpholine rings is 1. The predicted octanol–water partition coefficient (Wildman–Crippen LogP) is 2.88. The van der Waals surface area contributed by atoms with Crippen LogP contribution >= 0.6 is 0 Å². The molecule has 1 saturated carbocycles. The van der Waals surface area contributed by atoms with Gasteiger partial charge in [-0.3, -0.25) is 9.69 Å². The van der Waals surface area contributed by atoms with E-state index in [1.54, 1.807) is 0 Å². The average molecular weight is 279 g/mol. The molecule has 2 saturated heterocycles. The van der Waals surface area contributed by atoms with Crippen molar-refractivity contribution in [2.75, 3.05) is 19.6 Å². The van der Waals surface area contributed by atoms with Crippen molar-refractivity contribution in [1.29, 1.82) is 0 Å². The van der Waals surface area contributed by atoms with Crippen LogP contribution in [0.2, 0.25) is 0 Å². The molecule has 0 radical (unpaired) electrons. The van der Waals surface area contributed by atoms with E-state index in [9.17, 15) is 4.79 Å². The van der Waals surface area contributed by atoms with E-state index in [0.717, 1.165) is 38.9 Å². The van der Waals surface area contributed by atoms with E-state index in [2.05, 4.69) is 25.7 Å². The van der Waals surface area contributed by atoms with Crippen LogP contribution < -0.4 is 0 Å². The molecule has 2 heterocycles. The van der Waals surface area contributed by atoms with Crippen molar-refractivity contribution in [2.24, 2.45) is 17.3 Å². The Kier molecular flexibility index (Phi) is 3.93. The monoisotopic (exact) mass is 279 g/mol. The maximum Gasteiger partial charge on any atom is 0.137 e. The molecule has 0 aromatic rings. The van der Waals surface area contributed by atoms with Gasteiger partial charge in [-0.05, 0) is 37.0 Å². The van der Waals surface area contributed by atoms with Crippen molar-refractivity contribution in [3.05, 3.63) is 0 Å². The lowest BCUT2D eigenvalue weighted by Gasteiger charge is -2.40. The number of carbonyl (C=O) groups excluding carboxylic acids is 1. The Bertz CT molecular complexity index is 362. The lowest BCUT2D eigenvalue weighted by atomic mass is 9.68. The molecule has 3 heteroatoms. The first-order valence-electron chi connectivity index (χ1n) is 8.32. The number of ketones is 1. The Morgan fingerprint density at radius 2 is 1.80 bits per heavy atom. The number of nitrogens with zero attached hydrogens (tertiary/aromatic N) is 1. The molecular formula is C17H29NO2. The molecule has 3 aliphatic rings. The molecule has 1 aliphatic carbocycles. The van der Waals surface area contributed by atoms with Crippen LogP contribution in [-0.2, 0) is 9.53 Å². The van der Waals surface area contributed by atoms with Gasteiger partial charge in [0.2, 0.25) is 0 Å². The van der Waals surface area contributed by atoms with Gasteiger partial charge in [0.1, 0.15) is 5.78 Å². The summed E-state index contributed by atoms with van der Waals surface area (Å²) in [4.78, 5) is 14.8. The second kappa shape index (κ2) is 5.42. The molecule has 20 heavy (non-hydrogen) atoms. The number of Topliss-reactive ketones (excluding diaryl/α,β-unsaturated/α-hetero) is 1. The van der Waals surface area contributed by atoms with Gasteiger partial charge in [0.15, 0.2) is 0 Å². The van der Waals surface area contributed by atoms with E-state index in [-0.39, 0.29) is 5.92 Å². The van der Waals surface area contributed by atoms with E-state index in [0.29, 0.717) is 29.3 Å². The Morgan fingerprint density at radius 3 is 2.40 bits per heavy atom. The zero-order valence-electron chi connectivity index (χ0n) is 13.2. The molecule has 3 rings (SSSR count). The molecule has 114 valence electrons. The molecule has 0 spiro atoms. The summed E-state index contributed by atoms with van der Waals surface area (Å²) in [5.74, 6) is 1.47. The van der Waals surface area contributed by atoms with E-state index in [1.165, 1.54) is 12.8 Å². The quantitative estimate of drug-likeness (QED) is 0.778. The van der Waals surface area contributed by atoms with Crippen molar-refractivity contribution >= 4 is 5.78 Å². The minimum absolute atomic E-state index is 0.269. The number of rotatable bonds is 2. The molecule has 2 bridgehead atoms. The van der Waals surface area contributed by atoms with Gasteiger partial charge >= 0.3 is 0 Å². The van der Waals surface area contributed by atoms with E-state index >= 15 is 0 Å². The maximum atomic E-state index is 12.3. The lowest BCUT2D eigenvalue weighted by molar-refractivity contribution is -0.128. The predicted molar refractivity (Wildman–Crippen MR) is 79.6 cm³/mol. The van der Waals surface area contributed by atoms with E-state index in [4.69, 9.17) is 4.74 Å². The van der Waals surface area contributed by atoms with Crippen LogP contribution in [0.5, 0.6) is 0 Å². The SMILES string of the molecule is CC(C)(C)C1CCC(=O)C(CN2CC3CCC(C2)O3)C1. The van der Waals surface area contributed by atoms with Gasteiger partial charge in [-0.2, -0.15) is 0 Å². The summed E-state index contributed by atoms with van der Waals surface area (Å²) in [7, 11) is 0. The average Bonchev–Trinajstić information content (AvgIpc) is 2.70. The Labute approximate surface area is 123 Å². The molecule has 4 unspecified atom stereocenters. The molecule has 4 atom stereocenters. The van der Waals surface area contributed by atoms with Crippen LogP contribution in [0, 0.1) is 17.3 Å². The Morgan fingerprint density at radius 1 is 1.15 bits per heavy atom. The van der Waals surface area contributed by atoms with Crippen LogP contribution in [0.3, 0.4) is 0 Å². The van der Waals surface area contributed by atoms with Gasteiger partial charge in [0, 0.05) is 32.0 Å². The Balaban J connectivity index is 1.59. The number of fused-ring (bicyclic) bond motifs is 2.